The van der Waals surface area contributed by atoms with Gasteiger partial charge in [-0.05, 0) is 46.9 Å². The third-order valence-electron chi connectivity index (χ3n) is 2.25. The summed E-state index contributed by atoms with van der Waals surface area (Å²) in [4.78, 5) is 4.21. The van der Waals surface area contributed by atoms with E-state index in [1.165, 1.54) is 5.56 Å². The highest BCUT2D eigenvalue weighted by atomic mass is 79.9. The largest absolute Gasteiger partial charge is 0.330 e. The molecule has 0 saturated heterocycles. The minimum absolute atomic E-state index is 0.729. The maximum atomic E-state index is 5.50. The molecule has 0 aliphatic carbocycles. The Bertz CT molecular complexity index is 436. The Hall–Kier alpha value is -0.870. The fourth-order valence-corrected chi connectivity index (χ4v) is 2.13. The number of pyridine rings is 1. The molecule has 14 heavy (non-hydrogen) atoms. The Morgan fingerprint density at radius 3 is 3.14 bits per heavy atom. The maximum absolute atomic E-state index is 5.50. The van der Waals surface area contributed by atoms with Gasteiger partial charge in [0, 0.05) is 6.20 Å². The van der Waals surface area contributed by atoms with Crippen molar-refractivity contribution >= 4 is 21.4 Å². The average Bonchev–Trinajstić information content (AvgIpc) is 2.58. The molecular formula is C10H12BrN3. The van der Waals surface area contributed by atoms with Crippen molar-refractivity contribution in [3.05, 3.63) is 34.8 Å². The van der Waals surface area contributed by atoms with Crippen LogP contribution in [0.15, 0.2) is 29.3 Å². The molecule has 2 aromatic heterocycles. The summed E-state index contributed by atoms with van der Waals surface area (Å²) in [6, 6.07) is 4.16. The zero-order valence-electron chi connectivity index (χ0n) is 7.78. The van der Waals surface area contributed by atoms with Gasteiger partial charge in [0.2, 0.25) is 0 Å². The first-order valence-corrected chi connectivity index (χ1v) is 5.42. The molecule has 0 amide bonds. The summed E-state index contributed by atoms with van der Waals surface area (Å²) in [5.41, 5.74) is 7.95. The van der Waals surface area contributed by atoms with Gasteiger partial charge in [-0.1, -0.05) is 6.07 Å². The van der Waals surface area contributed by atoms with Crippen LogP contribution in [0.4, 0.5) is 0 Å². The highest BCUT2D eigenvalue weighted by Crippen LogP contribution is 2.20. The van der Waals surface area contributed by atoms with Gasteiger partial charge in [-0.3, -0.25) is 0 Å². The fraction of sp³-hybridized carbons (Fsp3) is 0.300. The number of halogens is 1. The van der Waals surface area contributed by atoms with Gasteiger partial charge in [-0.15, -0.1) is 0 Å². The monoisotopic (exact) mass is 253 g/mol. The zero-order valence-corrected chi connectivity index (χ0v) is 9.37. The van der Waals surface area contributed by atoms with Crippen LogP contribution >= 0.6 is 15.9 Å². The summed E-state index contributed by atoms with van der Waals surface area (Å²) in [5, 5.41) is 0. The second-order valence-electron chi connectivity index (χ2n) is 3.22. The molecule has 0 aliphatic heterocycles. The molecule has 0 unspecified atom stereocenters. The molecule has 0 spiro atoms. The first kappa shape index (κ1) is 9.68. The van der Waals surface area contributed by atoms with Crippen LogP contribution in [0.3, 0.4) is 0 Å². The summed E-state index contributed by atoms with van der Waals surface area (Å²) >= 11 is 3.45. The lowest BCUT2D eigenvalue weighted by molar-refractivity contribution is 0.833. The Morgan fingerprint density at radius 1 is 1.50 bits per heavy atom. The van der Waals surface area contributed by atoms with Crippen LogP contribution in [-0.4, -0.2) is 15.9 Å². The van der Waals surface area contributed by atoms with E-state index in [2.05, 4.69) is 27.0 Å². The molecule has 0 saturated carbocycles. The standard InChI is InChI=1S/C10H12BrN3/c11-10-9-8(3-1-5-12)4-2-6-14(9)7-13-10/h2,4,6-7H,1,3,5,12H2. The van der Waals surface area contributed by atoms with E-state index in [1.54, 1.807) is 0 Å². The van der Waals surface area contributed by atoms with E-state index in [4.69, 9.17) is 5.73 Å². The quantitative estimate of drug-likeness (QED) is 0.910. The Balaban J connectivity index is 2.46. The van der Waals surface area contributed by atoms with Crippen molar-refractivity contribution in [1.82, 2.24) is 9.38 Å². The molecule has 0 radical (unpaired) electrons. The second kappa shape index (κ2) is 4.11. The van der Waals surface area contributed by atoms with E-state index in [1.807, 2.05) is 23.0 Å². The molecule has 0 bridgehead atoms. The van der Waals surface area contributed by atoms with Crippen LogP contribution < -0.4 is 5.73 Å². The van der Waals surface area contributed by atoms with Crippen molar-refractivity contribution in [3.63, 3.8) is 0 Å². The number of hydrogen-bond donors (Lipinski definition) is 1. The van der Waals surface area contributed by atoms with E-state index in [9.17, 15) is 0 Å². The van der Waals surface area contributed by atoms with E-state index in [0.29, 0.717) is 0 Å². The Labute approximate surface area is 91.1 Å². The van der Waals surface area contributed by atoms with E-state index < -0.39 is 0 Å². The predicted octanol–water partition coefficient (Wildman–Crippen LogP) is 1.99. The van der Waals surface area contributed by atoms with Crippen LogP contribution in [0.25, 0.3) is 5.52 Å². The van der Waals surface area contributed by atoms with Crippen molar-refractivity contribution in [2.45, 2.75) is 12.8 Å². The molecule has 2 aromatic rings. The van der Waals surface area contributed by atoms with E-state index in [-0.39, 0.29) is 0 Å². The SMILES string of the molecule is NCCCc1cccn2cnc(Br)c12. The number of imidazole rings is 1. The van der Waals surface area contributed by atoms with Crippen LogP contribution in [0.2, 0.25) is 0 Å². The van der Waals surface area contributed by atoms with E-state index in [0.717, 1.165) is 29.5 Å². The Kier molecular flexibility index (Phi) is 2.84. The topological polar surface area (TPSA) is 43.3 Å². The van der Waals surface area contributed by atoms with Crippen molar-refractivity contribution < 1.29 is 0 Å². The molecule has 0 atom stereocenters. The van der Waals surface area contributed by atoms with Crippen LogP contribution in [0.1, 0.15) is 12.0 Å². The molecule has 2 rings (SSSR count). The van der Waals surface area contributed by atoms with Gasteiger partial charge in [0.15, 0.2) is 0 Å². The zero-order chi connectivity index (χ0) is 9.97. The molecule has 3 nitrogen and oxygen atoms in total. The average molecular weight is 254 g/mol. The number of nitrogens with two attached hydrogens (primary N) is 1. The molecule has 4 heteroatoms. The van der Waals surface area contributed by atoms with Gasteiger partial charge in [-0.25, -0.2) is 4.98 Å². The van der Waals surface area contributed by atoms with Crippen molar-refractivity contribution in [2.75, 3.05) is 6.54 Å². The van der Waals surface area contributed by atoms with Gasteiger partial charge in [-0.2, -0.15) is 0 Å². The first-order valence-electron chi connectivity index (χ1n) is 4.63. The minimum atomic E-state index is 0.729. The fourth-order valence-electron chi connectivity index (χ4n) is 1.57. The number of aromatic nitrogens is 2. The summed E-state index contributed by atoms with van der Waals surface area (Å²) in [7, 11) is 0. The number of nitrogens with zero attached hydrogens (tertiary/aromatic N) is 2. The molecule has 0 fully saturated rings. The van der Waals surface area contributed by atoms with Crippen LogP contribution in [0.5, 0.6) is 0 Å². The summed E-state index contributed by atoms with van der Waals surface area (Å²) < 4.78 is 2.93. The smallest absolute Gasteiger partial charge is 0.132 e. The number of hydrogen-bond acceptors (Lipinski definition) is 2. The third-order valence-corrected chi connectivity index (χ3v) is 2.83. The number of rotatable bonds is 3. The lowest BCUT2D eigenvalue weighted by Gasteiger charge is -2.03. The lowest BCUT2D eigenvalue weighted by atomic mass is 10.1. The van der Waals surface area contributed by atoms with Crippen molar-refractivity contribution in [1.29, 1.82) is 0 Å². The lowest BCUT2D eigenvalue weighted by Crippen LogP contribution is -2.01. The molecule has 0 aromatic carbocycles. The third kappa shape index (κ3) is 1.67. The molecular weight excluding hydrogens is 242 g/mol. The van der Waals surface area contributed by atoms with Gasteiger partial charge < -0.3 is 10.1 Å². The van der Waals surface area contributed by atoms with Gasteiger partial charge in [0.25, 0.3) is 0 Å². The maximum Gasteiger partial charge on any atom is 0.132 e. The first-order chi connectivity index (χ1) is 6.83. The summed E-state index contributed by atoms with van der Waals surface area (Å²) in [6.45, 7) is 0.729. The molecule has 0 aliphatic rings. The van der Waals surface area contributed by atoms with Crippen molar-refractivity contribution in [2.24, 2.45) is 5.73 Å². The highest BCUT2D eigenvalue weighted by Gasteiger charge is 2.05. The Morgan fingerprint density at radius 2 is 2.36 bits per heavy atom. The van der Waals surface area contributed by atoms with E-state index >= 15 is 0 Å². The summed E-state index contributed by atoms with van der Waals surface area (Å²) in [5.74, 6) is 0. The van der Waals surface area contributed by atoms with Crippen LogP contribution in [-0.2, 0) is 6.42 Å². The van der Waals surface area contributed by atoms with Gasteiger partial charge in [0.1, 0.15) is 10.9 Å². The number of aryl methyl sites for hydroxylation is 1. The molecule has 2 N–H and O–H groups in total. The minimum Gasteiger partial charge on any atom is -0.330 e. The van der Waals surface area contributed by atoms with Gasteiger partial charge >= 0.3 is 0 Å². The highest BCUT2D eigenvalue weighted by molar-refractivity contribution is 9.10. The molecule has 2 heterocycles. The van der Waals surface area contributed by atoms with Crippen LogP contribution in [0, 0.1) is 0 Å². The summed E-state index contributed by atoms with van der Waals surface area (Å²) in [6.07, 6.45) is 5.83. The van der Waals surface area contributed by atoms with Crippen molar-refractivity contribution in [3.8, 4) is 0 Å². The second-order valence-corrected chi connectivity index (χ2v) is 3.97. The molecule has 74 valence electrons. The normalized spacial score (nSPS) is 11.0. The predicted molar refractivity (Wildman–Crippen MR) is 60.3 cm³/mol. The number of fused-ring (bicyclic) bond motifs is 1. The van der Waals surface area contributed by atoms with Gasteiger partial charge in [0.05, 0.1) is 5.52 Å².